The number of benzene rings is 2. The SMILES string of the molecule is CN(C[C@H]1COc2ccccc2O1)C(=O)NCCc1ccccc1. The van der Waals surface area contributed by atoms with E-state index in [1.807, 2.05) is 42.5 Å². The molecule has 1 aliphatic rings. The molecular weight excluding hydrogens is 304 g/mol. The zero-order valence-electron chi connectivity index (χ0n) is 13.8. The molecule has 1 aliphatic heterocycles. The second-order valence-corrected chi connectivity index (χ2v) is 5.85. The Balaban J connectivity index is 1.43. The monoisotopic (exact) mass is 326 g/mol. The van der Waals surface area contributed by atoms with Gasteiger partial charge in [-0.2, -0.15) is 0 Å². The van der Waals surface area contributed by atoms with Crippen molar-refractivity contribution in [2.75, 3.05) is 26.7 Å². The fourth-order valence-corrected chi connectivity index (χ4v) is 2.63. The summed E-state index contributed by atoms with van der Waals surface area (Å²) in [5, 5.41) is 2.93. The third-order valence-electron chi connectivity index (χ3n) is 3.92. The number of carbonyl (C=O) groups excluding carboxylic acids is 1. The van der Waals surface area contributed by atoms with E-state index < -0.39 is 0 Å². The molecule has 5 nitrogen and oxygen atoms in total. The molecule has 0 saturated heterocycles. The van der Waals surface area contributed by atoms with Crippen molar-refractivity contribution in [1.82, 2.24) is 10.2 Å². The number of amides is 2. The number of ether oxygens (including phenoxy) is 2. The van der Waals surface area contributed by atoms with E-state index in [1.54, 1.807) is 11.9 Å². The number of carbonyl (C=O) groups is 1. The van der Waals surface area contributed by atoms with Gasteiger partial charge in [-0.05, 0) is 24.1 Å². The molecule has 2 amide bonds. The number of hydrogen-bond donors (Lipinski definition) is 1. The van der Waals surface area contributed by atoms with Crippen LogP contribution in [0.25, 0.3) is 0 Å². The molecule has 0 aliphatic carbocycles. The van der Waals surface area contributed by atoms with Gasteiger partial charge in [-0.1, -0.05) is 42.5 Å². The molecule has 0 unspecified atom stereocenters. The van der Waals surface area contributed by atoms with Crippen molar-refractivity contribution >= 4 is 6.03 Å². The lowest BCUT2D eigenvalue weighted by atomic mass is 10.1. The molecule has 126 valence electrons. The van der Waals surface area contributed by atoms with Crippen LogP contribution in [0.2, 0.25) is 0 Å². The smallest absolute Gasteiger partial charge is 0.317 e. The highest BCUT2D eigenvalue weighted by molar-refractivity contribution is 5.73. The minimum Gasteiger partial charge on any atom is -0.486 e. The van der Waals surface area contributed by atoms with Gasteiger partial charge < -0.3 is 19.7 Å². The topological polar surface area (TPSA) is 50.8 Å². The van der Waals surface area contributed by atoms with Crippen molar-refractivity contribution in [3.05, 3.63) is 60.2 Å². The maximum absolute atomic E-state index is 12.2. The van der Waals surface area contributed by atoms with Crippen molar-refractivity contribution in [2.45, 2.75) is 12.5 Å². The second kappa shape index (κ2) is 7.73. The van der Waals surface area contributed by atoms with Gasteiger partial charge in [0.2, 0.25) is 0 Å². The first-order chi connectivity index (χ1) is 11.7. The Kier molecular flexibility index (Phi) is 5.21. The van der Waals surface area contributed by atoms with Gasteiger partial charge in [0.1, 0.15) is 6.61 Å². The van der Waals surface area contributed by atoms with Gasteiger partial charge in [-0.15, -0.1) is 0 Å². The highest BCUT2D eigenvalue weighted by Crippen LogP contribution is 2.30. The van der Waals surface area contributed by atoms with E-state index in [-0.39, 0.29) is 12.1 Å². The molecule has 24 heavy (non-hydrogen) atoms. The first-order valence-corrected chi connectivity index (χ1v) is 8.14. The first kappa shape index (κ1) is 16.2. The number of likely N-dealkylation sites (N-methyl/N-ethyl adjacent to an activating group) is 1. The number of urea groups is 1. The van der Waals surface area contributed by atoms with Crippen LogP contribution < -0.4 is 14.8 Å². The van der Waals surface area contributed by atoms with Gasteiger partial charge in [0.15, 0.2) is 17.6 Å². The van der Waals surface area contributed by atoms with Gasteiger partial charge >= 0.3 is 6.03 Å². The van der Waals surface area contributed by atoms with E-state index in [4.69, 9.17) is 9.47 Å². The van der Waals surface area contributed by atoms with Gasteiger partial charge in [0.25, 0.3) is 0 Å². The molecule has 0 bridgehead atoms. The molecule has 0 spiro atoms. The molecule has 0 radical (unpaired) electrons. The standard InChI is InChI=1S/C19H22N2O3/c1-21(19(22)20-12-11-15-7-3-2-4-8-15)13-16-14-23-17-9-5-6-10-18(17)24-16/h2-10,16H,11-14H2,1H3,(H,20,22)/t16-/m0/s1. The third kappa shape index (κ3) is 4.19. The number of fused-ring (bicyclic) bond motifs is 1. The first-order valence-electron chi connectivity index (χ1n) is 8.14. The molecule has 3 rings (SSSR count). The maximum atomic E-state index is 12.2. The highest BCUT2D eigenvalue weighted by atomic mass is 16.6. The lowest BCUT2D eigenvalue weighted by Crippen LogP contribution is -2.45. The fourth-order valence-electron chi connectivity index (χ4n) is 2.63. The summed E-state index contributed by atoms with van der Waals surface area (Å²) in [4.78, 5) is 13.8. The number of nitrogens with one attached hydrogen (secondary N) is 1. The van der Waals surface area contributed by atoms with Gasteiger partial charge in [-0.25, -0.2) is 4.79 Å². The van der Waals surface area contributed by atoms with Crippen molar-refractivity contribution in [1.29, 1.82) is 0 Å². The second-order valence-electron chi connectivity index (χ2n) is 5.85. The van der Waals surface area contributed by atoms with Crippen LogP contribution in [-0.4, -0.2) is 43.8 Å². The van der Waals surface area contributed by atoms with Gasteiger partial charge in [0, 0.05) is 13.6 Å². The molecular formula is C19H22N2O3. The largest absolute Gasteiger partial charge is 0.486 e. The van der Waals surface area contributed by atoms with E-state index in [0.29, 0.717) is 19.7 Å². The molecule has 0 fully saturated rings. The minimum absolute atomic E-state index is 0.103. The Morgan fingerprint density at radius 2 is 1.83 bits per heavy atom. The van der Waals surface area contributed by atoms with E-state index in [2.05, 4.69) is 17.4 Å². The normalized spacial score (nSPS) is 15.6. The summed E-state index contributed by atoms with van der Waals surface area (Å²) >= 11 is 0. The van der Waals surface area contributed by atoms with E-state index >= 15 is 0 Å². The molecule has 5 heteroatoms. The van der Waals surface area contributed by atoms with Crippen LogP contribution in [0.3, 0.4) is 0 Å². The summed E-state index contributed by atoms with van der Waals surface area (Å²) in [6.07, 6.45) is 0.654. The average Bonchev–Trinajstić information content (AvgIpc) is 2.62. The molecule has 1 heterocycles. The fraction of sp³-hybridized carbons (Fsp3) is 0.316. The van der Waals surface area contributed by atoms with Crippen LogP contribution in [0.4, 0.5) is 4.79 Å². The summed E-state index contributed by atoms with van der Waals surface area (Å²) in [7, 11) is 1.77. The molecule has 2 aromatic rings. The number of rotatable bonds is 5. The zero-order chi connectivity index (χ0) is 16.8. The summed E-state index contributed by atoms with van der Waals surface area (Å²) < 4.78 is 11.6. The van der Waals surface area contributed by atoms with Crippen molar-refractivity contribution < 1.29 is 14.3 Å². The Hall–Kier alpha value is -2.69. The van der Waals surface area contributed by atoms with Crippen LogP contribution in [0, 0.1) is 0 Å². The Morgan fingerprint density at radius 1 is 1.12 bits per heavy atom. The number of para-hydroxylation sites is 2. The van der Waals surface area contributed by atoms with Crippen molar-refractivity contribution in [2.24, 2.45) is 0 Å². The minimum atomic E-state index is -0.162. The summed E-state index contributed by atoms with van der Waals surface area (Å²) in [6, 6.07) is 17.6. The molecule has 0 saturated carbocycles. The van der Waals surface area contributed by atoms with Crippen LogP contribution in [0.15, 0.2) is 54.6 Å². The predicted molar refractivity (Wildman–Crippen MR) is 92.5 cm³/mol. The quantitative estimate of drug-likeness (QED) is 0.919. The highest BCUT2D eigenvalue weighted by Gasteiger charge is 2.23. The van der Waals surface area contributed by atoms with Crippen LogP contribution >= 0.6 is 0 Å². The maximum Gasteiger partial charge on any atom is 0.317 e. The van der Waals surface area contributed by atoms with E-state index in [9.17, 15) is 4.79 Å². The lowest BCUT2D eigenvalue weighted by molar-refractivity contribution is 0.0716. The Bertz CT molecular complexity index is 675. The van der Waals surface area contributed by atoms with Gasteiger partial charge in [0.05, 0.1) is 6.54 Å². The van der Waals surface area contributed by atoms with Crippen molar-refractivity contribution in [3.63, 3.8) is 0 Å². The average molecular weight is 326 g/mol. The predicted octanol–water partition coefficient (Wildman–Crippen LogP) is 2.71. The van der Waals surface area contributed by atoms with Gasteiger partial charge in [-0.3, -0.25) is 0 Å². The Morgan fingerprint density at radius 3 is 2.62 bits per heavy atom. The molecule has 1 N–H and O–H groups in total. The number of nitrogens with zero attached hydrogens (tertiary/aromatic N) is 1. The number of hydrogen-bond acceptors (Lipinski definition) is 3. The van der Waals surface area contributed by atoms with E-state index in [0.717, 1.165) is 17.9 Å². The zero-order valence-corrected chi connectivity index (χ0v) is 13.8. The van der Waals surface area contributed by atoms with E-state index in [1.165, 1.54) is 5.56 Å². The summed E-state index contributed by atoms with van der Waals surface area (Å²) in [5.41, 5.74) is 1.21. The van der Waals surface area contributed by atoms with Crippen LogP contribution in [0.5, 0.6) is 11.5 Å². The molecule has 2 aromatic carbocycles. The van der Waals surface area contributed by atoms with Crippen LogP contribution in [-0.2, 0) is 6.42 Å². The summed E-state index contributed by atoms with van der Waals surface area (Å²) in [6.45, 7) is 1.53. The summed E-state index contributed by atoms with van der Waals surface area (Å²) in [5.74, 6) is 1.48. The molecule has 1 atom stereocenters. The Labute approximate surface area is 142 Å². The van der Waals surface area contributed by atoms with Crippen molar-refractivity contribution in [3.8, 4) is 11.5 Å². The molecule has 0 aromatic heterocycles. The lowest BCUT2D eigenvalue weighted by Gasteiger charge is -2.29. The third-order valence-corrected chi connectivity index (χ3v) is 3.92. The van der Waals surface area contributed by atoms with Crippen LogP contribution in [0.1, 0.15) is 5.56 Å².